The summed E-state index contributed by atoms with van der Waals surface area (Å²) in [7, 11) is 1.51. The van der Waals surface area contributed by atoms with Crippen molar-refractivity contribution in [2.45, 2.75) is 13.0 Å². The third-order valence-corrected chi connectivity index (χ3v) is 8.33. The van der Waals surface area contributed by atoms with E-state index in [9.17, 15) is 19.7 Å². The summed E-state index contributed by atoms with van der Waals surface area (Å²) in [4.78, 5) is 36.6. The zero-order chi connectivity index (χ0) is 25.1. The molecule has 3 fully saturated rings. The van der Waals surface area contributed by atoms with Gasteiger partial charge in [0, 0.05) is 12.1 Å². The van der Waals surface area contributed by atoms with Crippen molar-refractivity contribution in [3.05, 3.63) is 74.3 Å². The molecule has 0 spiro atoms. The third kappa shape index (κ3) is 3.62. The molecule has 0 N–H and O–H groups in total. The van der Waals surface area contributed by atoms with Gasteiger partial charge in [-0.1, -0.05) is 12.2 Å². The van der Waals surface area contributed by atoms with E-state index < -0.39 is 4.92 Å². The monoisotopic (exact) mass is 551 g/mol. The van der Waals surface area contributed by atoms with Gasteiger partial charge in [-0.2, -0.15) is 10.1 Å². The van der Waals surface area contributed by atoms with Crippen LogP contribution in [0.3, 0.4) is 0 Å². The number of non-ortho nitro benzene ring substituents is 1. The van der Waals surface area contributed by atoms with Crippen molar-refractivity contribution in [1.29, 1.82) is 0 Å². The molecule has 2 amide bonds. The molecule has 2 aromatic rings. The number of carbonyl (C=O) groups is 2. The van der Waals surface area contributed by atoms with Crippen molar-refractivity contribution in [3.63, 3.8) is 0 Å². The average Bonchev–Trinajstić information content (AvgIpc) is 3.66. The van der Waals surface area contributed by atoms with Crippen LogP contribution in [0, 0.1) is 45.6 Å². The van der Waals surface area contributed by atoms with E-state index in [0.717, 1.165) is 17.0 Å². The van der Waals surface area contributed by atoms with Crippen molar-refractivity contribution < 1.29 is 24.0 Å². The van der Waals surface area contributed by atoms with Gasteiger partial charge in [-0.15, -0.1) is 0 Å². The zero-order valence-corrected chi connectivity index (χ0v) is 20.8. The number of hydrazone groups is 1. The van der Waals surface area contributed by atoms with Crippen LogP contribution in [0.1, 0.15) is 17.5 Å². The van der Waals surface area contributed by atoms with Gasteiger partial charge in [0.05, 0.1) is 34.6 Å². The zero-order valence-electron chi connectivity index (χ0n) is 19.2. The third-order valence-electron chi connectivity index (χ3n) is 7.74. The van der Waals surface area contributed by atoms with Crippen molar-refractivity contribution in [2.75, 3.05) is 7.11 Å². The number of ether oxygens (including phenoxy) is 2. The lowest BCUT2D eigenvalue weighted by molar-refractivity contribution is -0.384. The normalized spacial score (nSPS) is 29.4. The van der Waals surface area contributed by atoms with Crippen LogP contribution >= 0.6 is 15.9 Å². The quantitative estimate of drug-likeness (QED) is 0.166. The number of methoxy groups -OCH3 is 1. The summed E-state index contributed by atoms with van der Waals surface area (Å²) >= 11 is 3.49. The highest BCUT2D eigenvalue weighted by atomic mass is 79.9. The molecule has 2 bridgehead atoms. The molecular formula is C26H22BrN3O6. The van der Waals surface area contributed by atoms with Gasteiger partial charge in [-0.05, 0) is 81.4 Å². The first-order valence-electron chi connectivity index (χ1n) is 11.7. The molecule has 7 rings (SSSR count). The van der Waals surface area contributed by atoms with E-state index in [4.69, 9.17) is 9.47 Å². The lowest BCUT2D eigenvalue weighted by Crippen LogP contribution is -2.40. The number of hydrogen-bond acceptors (Lipinski definition) is 7. The van der Waals surface area contributed by atoms with Crippen LogP contribution < -0.4 is 9.47 Å². The highest BCUT2D eigenvalue weighted by Crippen LogP contribution is 2.65. The molecule has 5 aliphatic rings. The molecule has 0 aromatic heterocycles. The van der Waals surface area contributed by atoms with E-state index in [-0.39, 0.29) is 47.8 Å². The van der Waals surface area contributed by atoms with E-state index in [0.29, 0.717) is 33.4 Å². The van der Waals surface area contributed by atoms with Crippen LogP contribution in [0.15, 0.2) is 58.1 Å². The highest BCUT2D eigenvalue weighted by Gasteiger charge is 2.67. The Balaban J connectivity index is 1.18. The fourth-order valence-electron chi connectivity index (χ4n) is 6.00. The Kier molecular flexibility index (Phi) is 5.44. The first kappa shape index (κ1) is 22.9. The number of allylic oxidation sites excluding steroid dienone is 2. The molecule has 2 saturated carbocycles. The molecule has 184 valence electrons. The van der Waals surface area contributed by atoms with Crippen molar-refractivity contribution in [1.82, 2.24) is 5.01 Å². The standard InChI is InChI=1S/C26H22BrN3O6/c1-35-21-9-14(8-20(27)24(21)36-12-13-2-4-15(5-3-13)30(33)34)11-28-29-25(31)22-16-6-7-17(19-10-18(16)19)23(22)26(29)32/h2-9,11,16-19,22-23H,10,12H2,1H3/t16-,17-,18-,19-,22-,23+/m0/s1. The minimum Gasteiger partial charge on any atom is -0.493 e. The minimum atomic E-state index is -0.453. The van der Waals surface area contributed by atoms with E-state index in [2.05, 4.69) is 33.2 Å². The van der Waals surface area contributed by atoms with Gasteiger partial charge in [-0.25, -0.2) is 0 Å². The van der Waals surface area contributed by atoms with E-state index in [1.165, 1.54) is 25.5 Å². The summed E-state index contributed by atoms with van der Waals surface area (Å²) in [6.07, 6.45) is 6.87. The van der Waals surface area contributed by atoms with E-state index >= 15 is 0 Å². The second kappa shape index (κ2) is 8.55. The highest BCUT2D eigenvalue weighted by molar-refractivity contribution is 9.10. The number of hydrogen-bond donors (Lipinski definition) is 0. The molecule has 10 heteroatoms. The van der Waals surface area contributed by atoms with Gasteiger partial charge in [0.1, 0.15) is 6.61 Å². The Morgan fingerprint density at radius 1 is 1.11 bits per heavy atom. The molecule has 6 atom stereocenters. The van der Waals surface area contributed by atoms with Gasteiger partial charge in [0.2, 0.25) is 0 Å². The van der Waals surface area contributed by atoms with Crippen LogP contribution in [0.2, 0.25) is 0 Å². The average molecular weight is 552 g/mol. The van der Waals surface area contributed by atoms with Crippen molar-refractivity contribution in [3.8, 4) is 11.5 Å². The maximum Gasteiger partial charge on any atom is 0.269 e. The summed E-state index contributed by atoms with van der Waals surface area (Å²) in [6.45, 7) is 0.179. The molecule has 0 radical (unpaired) electrons. The molecule has 0 unspecified atom stereocenters. The van der Waals surface area contributed by atoms with Crippen LogP contribution in [0.25, 0.3) is 0 Å². The number of nitro benzene ring substituents is 1. The molecule has 9 nitrogen and oxygen atoms in total. The van der Waals surface area contributed by atoms with Gasteiger partial charge in [0.15, 0.2) is 11.5 Å². The Morgan fingerprint density at radius 2 is 1.75 bits per heavy atom. The van der Waals surface area contributed by atoms with Gasteiger partial charge in [0.25, 0.3) is 17.5 Å². The Bertz CT molecular complexity index is 1300. The number of halogens is 1. The lowest BCUT2D eigenvalue weighted by atomic mass is 9.63. The van der Waals surface area contributed by atoms with Crippen LogP contribution in [-0.2, 0) is 16.2 Å². The first-order valence-corrected chi connectivity index (χ1v) is 12.5. The molecule has 1 heterocycles. The summed E-state index contributed by atoms with van der Waals surface area (Å²) in [5.41, 5.74) is 1.39. The fraction of sp³-hybridized carbons (Fsp3) is 0.346. The summed E-state index contributed by atoms with van der Waals surface area (Å²) in [5, 5.41) is 16.2. The first-order chi connectivity index (χ1) is 17.4. The second-order valence-electron chi connectivity index (χ2n) is 9.63. The van der Waals surface area contributed by atoms with Crippen LogP contribution in [-0.4, -0.2) is 35.1 Å². The summed E-state index contributed by atoms with van der Waals surface area (Å²) in [6, 6.07) is 9.57. The number of rotatable bonds is 7. The van der Waals surface area contributed by atoms with E-state index in [1.807, 2.05) is 0 Å². The predicted octanol–water partition coefficient (Wildman–Crippen LogP) is 4.33. The molecular weight excluding hydrogens is 530 g/mol. The number of nitro groups is 1. The summed E-state index contributed by atoms with van der Waals surface area (Å²) < 4.78 is 12.0. The van der Waals surface area contributed by atoms with E-state index in [1.54, 1.807) is 24.3 Å². The van der Waals surface area contributed by atoms with Crippen LogP contribution in [0.5, 0.6) is 11.5 Å². The van der Waals surface area contributed by atoms with Crippen molar-refractivity contribution in [2.24, 2.45) is 40.6 Å². The van der Waals surface area contributed by atoms with Gasteiger partial charge in [-0.3, -0.25) is 19.7 Å². The Hall–Kier alpha value is -3.53. The lowest BCUT2D eigenvalue weighted by Gasteiger charge is -2.37. The maximum atomic E-state index is 13.1. The van der Waals surface area contributed by atoms with Gasteiger partial charge >= 0.3 is 0 Å². The Labute approximate surface area is 215 Å². The molecule has 1 saturated heterocycles. The minimum absolute atomic E-state index is 0.0103. The predicted molar refractivity (Wildman–Crippen MR) is 132 cm³/mol. The number of imide groups is 1. The summed E-state index contributed by atoms with van der Waals surface area (Å²) in [5.74, 6) is 1.29. The number of carbonyl (C=O) groups excluding carboxylic acids is 2. The number of amides is 2. The topological polar surface area (TPSA) is 111 Å². The van der Waals surface area contributed by atoms with Crippen LogP contribution in [0.4, 0.5) is 5.69 Å². The number of nitrogens with zero attached hydrogens (tertiary/aromatic N) is 3. The van der Waals surface area contributed by atoms with Crippen molar-refractivity contribution >= 4 is 39.6 Å². The smallest absolute Gasteiger partial charge is 0.269 e. The van der Waals surface area contributed by atoms with Gasteiger partial charge < -0.3 is 9.47 Å². The molecule has 2 aromatic carbocycles. The fourth-order valence-corrected chi connectivity index (χ4v) is 6.58. The Morgan fingerprint density at radius 3 is 2.33 bits per heavy atom. The largest absolute Gasteiger partial charge is 0.493 e. The number of benzene rings is 2. The second-order valence-corrected chi connectivity index (χ2v) is 10.5. The molecule has 1 aliphatic heterocycles. The SMILES string of the molecule is COc1cc(C=NN2C(=O)[C@@H]3[C@H]4C=C[C@@H]([C@@H]5C[C@@H]45)[C@@H]3C2=O)cc(Br)c1OCc1ccc([N+](=O)[O-])cc1. The maximum absolute atomic E-state index is 13.1. The molecule has 4 aliphatic carbocycles. The molecule has 36 heavy (non-hydrogen) atoms.